The Morgan fingerprint density at radius 1 is 1.33 bits per heavy atom. The van der Waals surface area contributed by atoms with E-state index in [4.69, 9.17) is 5.11 Å². The van der Waals surface area contributed by atoms with Crippen molar-refractivity contribution in [1.82, 2.24) is 9.80 Å². The maximum Gasteiger partial charge on any atom is 0.407 e. The van der Waals surface area contributed by atoms with E-state index in [2.05, 4.69) is 25.7 Å². The van der Waals surface area contributed by atoms with Crippen molar-refractivity contribution in [1.29, 1.82) is 0 Å². The molecule has 0 aromatic heterocycles. The fourth-order valence-corrected chi connectivity index (χ4v) is 2.08. The Balaban J connectivity index is 2.46. The highest BCUT2D eigenvalue weighted by atomic mass is 16.4. The second-order valence-corrected chi connectivity index (χ2v) is 5.28. The molecule has 1 saturated heterocycles. The van der Waals surface area contributed by atoms with E-state index in [1.807, 2.05) is 0 Å². The van der Waals surface area contributed by atoms with Crippen molar-refractivity contribution in [2.45, 2.75) is 45.2 Å². The summed E-state index contributed by atoms with van der Waals surface area (Å²) in [5.41, 5.74) is 0.201. The van der Waals surface area contributed by atoms with Gasteiger partial charge in [-0.1, -0.05) is 0 Å². The van der Waals surface area contributed by atoms with Gasteiger partial charge in [0.05, 0.1) is 0 Å². The van der Waals surface area contributed by atoms with Gasteiger partial charge in [0.25, 0.3) is 0 Å². The average Bonchev–Trinajstić information content (AvgIpc) is 2.15. The summed E-state index contributed by atoms with van der Waals surface area (Å²) in [4.78, 5) is 14.6. The van der Waals surface area contributed by atoms with E-state index >= 15 is 0 Å². The molecule has 1 fully saturated rings. The fourth-order valence-electron chi connectivity index (χ4n) is 2.08. The van der Waals surface area contributed by atoms with E-state index in [-0.39, 0.29) is 11.6 Å². The molecular formula is C11H22N2O2. The van der Waals surface area contributed by atoms with Gasteiger partial charge in [0.1, 0.15) is 0 Å². The van der Waals surface area contributed by atoms with Crippen LogP contribution in [0.4, 0.5) is 4.79 Å². The number of hydrogen-bond donors (Lipinski definition) is 1. The zero-order valence-electron chi connectivity index (χ0n) is 10.2. The van der Waals surface area contributed by atoms with Crippen molar-refractivity contribution in [2.75, 3.05) is 20.1 Å². The van der Waals surface area contributed by atoms with Crippen LogP contribution in [0.5, 0.6) is 0 Å². The Morgan fingerprint density at radius 2 is 1.80 bits per heavy atom. The number of piperidine rings is 1. The molecule has 0 atom stereocenters. The van der Waals surface area contributed by atoms with Crippen LogP contribution >= 0.6 is 0 Å². The van der Waals surface area contributed by atoms with Gasteiger partial charge in [-0.2, -0.15) is 0 Å². The first-order valence-corrected chi connectivity index (χ1v) is 5.53. The van der Waals surface area contributed by atoms with Crippen LogP contribution in [0.3, 0.4) is 0 Å². The molecule has 1 amide bonds. The number of rotatable bonds is 1. The third kappa shape index (κ3) is 3.09. The first-order chi connectivity index (χ1) is 6.82. The number of likely N-dealkylation sites (tertiary alicyclic amines) is 1. The van der Waals surface area contributed by atoms with Gasteiger partial charge >= 0.3 is 6.09 Å². The Hall–Kier alpha value is -0.770. The summed E-state index contributed by atoms with van der Waals surface area (Å²) < 4.78 is 0. The largest absolute Gasteiger partial charge is 0.465 e. The monoisotopic (exact) mass is 214 g/mol. The smallest absolute Gasteiger partial charge is 0.407 e. The molecule has 4 heteroatoms. The summed E-state index contributed by atoms with van der Waals surface area (Å²) in [7, 11) is 1.67. The molecule has 1 heterocycles. The third-order valence-corrected chi connectivity index (χ3v) is 3.26. The van der Waals surface area contributed by atoms with Crippen LogP contribution < -0.4 is 0 Å². The molecule has 0 aromatic carbocycles. The predicted octanol–water partition coefficient (Wildman–Crippen LogP) is 1.86. The molecule has 0 bridgehead atoms. The van der Waals surface area contributed by atoms with E-state index in [1.54, 1.807) is 7.05 Å². The van der Waals surface area contributed by atoms with Crippen LogP contribution in [0.2, 0.25) is 0 Å². The molecule has 0 saturated carbocycles. The molecule has 88 valence electrons. The molecule has 1 aliphatic rings. The number of hydrogen-bond acceptors (Lipinski definition) is 2. The van der Waals surface area contributed by atoms with E-state index in [9.17, 15) is 4.79 Å². The van der Waals surface area contributed by atoms with Gasteiger partial charge in [0.15, 0.2) is 0 Å². The zero-order chi connectivity index (χ0) is 11.6. The maximum absolute atomic E-state index is 10.8. The van der Waals surface area contributed by atoms with Crippen molar-refractivity contribution in [3.05, 3.63) is 0 Å². The van der Waals surface area contributed by atoms with Crippen LogP contribution in [0, 0.1) is 0 Å². The Morgan fingerprint density at radius 3 is 2.13 bits per heavy atom. The van der Waals surface area contributed by atoms with Gasteiger partial charge in [0, 0.05) is 31.7 Å². The fraction of sp³-hybridized carbons (Fsp3) is 0.909. The number of amides is 1. The standard InChI is InChI=1S/C11H22N2O2/c1-11(2,3)13-7-5-9(6-8-13)12(4)10(14)15/h9H,5-8H2,1-4H3,(H,14,15). The van der Waals surface area contributed by atoms with Crippen LogP contribution in [0.1, 0.15) is 33.6 Å². The number of nitrogens with zero attached hydrogens (tertiary/aromatic N) is 2. The van der Waals surface area contributed by atoms with Crippen LogP contribution in [-0.4, -0.2) is 52.7 Å². The minimum atomic E-state index is -0.816. The summed E-state index contributed by atoms with van der Waals surface area (Å²) >= 11 is 0. The summed E-state index contributed by atoms with van der Waals surface area (Å²) in [6.07, 6.45) is 1.07. The summed E-state index contributed by atoms with van der Waals surface area (Å²) in [5.74, 6) is 0. The minimum Gasteiger partial charge on any atom is -0.465 e. The lowest BCUT2D eigenvalue weighted by Gasteiger charge is -2.42. The third-order valence-electron chi connectivity index (χ3n) is 3.26. The molecule has 0 aliphatic carbocycles. The van der Waals surface area contributed by atoms with E-state index in [0.717, 1.165) is 25.9 Å². The van der Waals surface area contributed by atoms with Gasteiger partial charge in [-0.15, -0.1) is 0 Å². The SMILES string of the molecule is CN(C(=O)O)C1CCN(C(C)(C)C)CC1. The number of carboxylic acid groups (broad SMARTS) is 1. The molecule has 1 rings (SSSR count). The van der Waals surface area contributed by atoms with Crippen LogP contribution in [0.25, 0.3) is 0 Å². The van der Waals surface area contributed by atoms with E-state index in [0.29, 0.717) is 0 Å². The predicted molar refractivity (Wildman–Crippen MR) is 60.1 cm³/mol. The minimum absolute atomic E-state index is 0.195. The molecule has 1 aliphatic heterocycles. The van der Waals surface area contributed by atoms with Crippen LogP contribution in [-0.2, 0) is 0 Å². The molecule has 0 spiro atoms. The first-order valence-electron chi connectivity index (χ1n) is 5.53. The summed E-state index contributed by atoms with van der Waals surface area (Å²) in [6.45, 7) is 8.59. The molecular weight excluding hydrogens is 192 g/mol. The van der Waals surface area contributed by atoms with Crippen molar-refractivity contribution < 1.29 is 9.90 Å². The summed E-state index contributed by atoms with van der Waals surface area (Å²) in [5, 5.41) is 8.87. The Kier molecular flexibility index (Phi) is 3.60. The first kappa shape index (κ1) is 12.3. The van der Waals surface area contributed by atoms with Gasteiger partial charge in [-0.25, -0.2) is 4.79 Å². The quantitative estimate of drug-likeness (QED) is 0.724. The highest BCUT2D eigenvalue weighted by Crippen LogP contribution is 2.22. The molecule has 1 N–H and O–H groups in total. The van der Waals surface area contributed by atoms with Gasteiger partial charge < -0.3 is 10.0 Å². The Bertz CT molecular complexity index is 227. The molecule has 4 nitrogen and oxygen atoms in total. The van der Waals surface area contributed by atoms with Crippen molar-refractivity contribution in [2.24, 2.45) is 0 Å². The Labute approximate surface area is 91.9 Å². The van der Waals surface area contributed by atoms with Crippen molar-refractivity contribution in [3.8, 4) is 0 Å². The summed E-state index contributed by atoms with van der Waals surface area (Å²) in [6, 6.07) is 0.195. The highest BCUT2D eigenvalue weighted by Gasteiger charge is 2.29. The van der Waals surface area contributed by atoms with Crippen molar-refractivity contribution >= 4 is 6.09 Å². The topological polar surface area (TPSA) is 43.8 Å². The second kappa shape index (κ2) is 4.39. The van der Waals surface area contributed by atoms with Gasteiger partial charge in [-0.3, -0.25) is 4.90 Å². The molecule has 0 radical (unpaired) electrons. The van der Waals surface area contributed by atoms with Gasteiger partial charge in [0.2, 0.25) is 0 Å². The van der Waals surface area contributed by atoms with E-state index < -0.39 is 6.09 Å². The maximum atomic E-state index is 10.8. The lowest BCUT2D eigenvalue weighted by Crippen LogP contribution is -2.51. The van der Waals surface area contributed by atoms with E-state index in [1.165, 1.54) is 4.90 Å². The number of carbonyl (C=O) groups is 1. The normalized spacial score (nSPS) is 20.3. The zero-order valence-corrected chi connectivity index (χ0v) is 10.2. The molecule has 15 heavy (non-hydrogen) atoms. The average molecular weight is 214 g/mol. The second-order valence-electron chi connectivity index (χ2n) is 5.28. The lowest BCUT2D eigenvalue weighted by molar-refractivity contribution is 0.0637. The lowest BCUT2D eigenvalue weighted by atomic mass is 9.97. The molecule has 0 unspecified atom stereocenters. The van der Waals surface area contributed by atoms with Gasteiger partial charge in [-0.05, 0) is 33.6 Å². The van der Waals surface area contributed by atoms with Crippen LogP contribution in [0.15, 0.2) is 0 Å². The highest BCUT2D eigenvalue weighted by molar-refractivity contribution is 5.64. The molecule has 0 aromatic rings. The van der Waals surface area contributed by atoms with Crippen molar-refractivity contribution in [3.63, 3.8) is 0 Å².